The smallest absolute Gasteiger partial charge is 0.210 e. The highest BCUT2D eigenvalue weighted by Gasteiger charge is 2.17. The molecule has 23 heavy (non-hydrogen) atoms. The van der Waals surface area contributed by atoms with Crippen LogP contribution >= 0.6 is 35.0 Å². The Morgan fingerprint density at radius 3 is 2.65 bits per heavy atom. The maximum absolute atomic E-state index is 12.2. The van der Waals surface area contributed by atoms with E-state index in [1.807, 2.05) is 6.07 Å². The molecule has 2 aromatic rings. The van der Waals surface area contributed by atoms with Crippen molar-refractivity contribution in [3.8, 4) is 0 Å². The Morgan fingerprint density at radius 1 is 1.13 bits per heavy atom. The summed E-state index contributed by atoms with van der Waals surface area (Å²) in [6.07, 6.45) is 0. The molecule has 0 amide bonds. The summed E-state index contributed by atoms with van der Waals surface area (Å²) in [5, 5.41) is 0.498. The second kappa shape index (κ2) is 8.40. The highest BCUT2D eigenvalue weighted by atomic mass is 35.5. The van der Waals surface area contributed by atoms with Gasteiger partial charge in [0.05, 0.1) is 5.02 Å². The van der Waals surface area contributed by atoms with Crippen molar-refractivity contribution >= 4 is 45.0 Å². The van der Waals surface area contributed by atoms with Crippen molar-refractivity contribution < 1.29 is 8.42 Å². The van der Waals surface area contributed by atoms with Crippen LogP contribution in [0, 0.1) is 6.92 Å². The number of rotatable bonds is 7. The lowest BCUT2D eigenvalue weighted by atomic mass is 10.2. The lowest BCUT2D eigenvalue weighted by Crippen LogP contribution is -2.26. The van der Waals surface area contributed by atoms with Gasteiger partial charge in [0.25, 0.3) is 0 Å². The Hall–Kier alpha value is -0.720. The SMILES string of the molecule is Cc1cccc(CSCCNS(=O)(=O)c2cc(Cl)ccc2Cl)c1. The average Bonchev–Trinajstić information content (AvgIpc) is 2.49. The molecule has 0 saturated carbocycles. The van der Waals surface area contributed by atoms with Gasteiger partial charge in [0.1, 0.15) is 4.90 Å². The molecule has 0 saturated heterocycles. The van der Waals surface area contributed by atoms with Crippen LogP contribution in [-0.4, -0.2) is 20.7 Å². The fourth-order valence-corrected chi connectivity index (χ4v) is 4.73. The van der Waals surface area contributed by atoms with Crippen molar-refractivity contribution in [1.82, 2.24) is 4.72 Å². The first-order valence-electron chi connectivity index (χ1n) is 6.96. The minimum absolute atomic E-state index is 0.00958. The van der Waals surface area contributed by atoms with Gasteiger partial charge in [0.15, 0.2) is 0 Å². The summed E-state index contributed by atoms with van der Waals surface area (Å²) in [7, 11) is -3.64. The number of benzene rings is 2. The molecule has 0 bridgehead atoms. The minimum Gasteiger partial charge on any atom is -0.210 e. The molecular formula is C16H17Cl2NO2S2. The predicted molar refractivity (Wildman–Crippen MR) is 99.0 cm³/mol. The summed E-state index contributed by atoms with van der Waals surface area (Å²) in [5.74, 6) is 1.52. The summed E-state index contributed by atoms with van der Waals surface area (Å²) in [6.45, 7) is 2.39. The van der Waals surface area contributed by atoms with Gasteiger partial charge >= 0.3 is 0 Å². The standard InChI is InChI=1S/C16H17Cl2NO2S2/c1-12-3-2-4-13(9-12)11-22-8-7-19-23(20,21)16-10-14(17)5-6-15(16)18/h2-6,9-10,19H,7-8,11H2,1H3. The van der Waals surface area contributed by atoms with E-state index in [0.29, 0.717) is 17.3 Å². The van der Waals surface area contributed by atoms with Crippen molar-refractivity contribution in [2.45, 2.75) is 17.6 Å². The number of nitrogens with one attached hydrogen (secondary N) is 1. The summed E-state index contributed by atoms with van der Waals surface area (Å²) in [4.78, 5) is 0.00958. The van der Waals surface area contributed by atoms with E-state index in [-0.39, 0.29) is 9.92 Å². The van der Waals surface area contributed by atoms with Gasteiger partial charge in [-0.25, -0.2) is 13.1 Å². The van der Waals surface area contributed by atoms with E-state index >= 15 is 0 Å². The van der Waals surface area contributed by atoms with Gasteiger partial charge in [0, 0.05) is 23.1 Å². The molecule has 0 spiro atoms. The van der Waals surface area contributed by atoms with E-state index in [1.54, 1.807) is 17.8 Å². The quantitative estimate of drug-likeness (QED) is 0.708. The Morgan fingerprint density at radius 2 is 1.91 bits per heavy atom. The zero-order valence-electron chi connectivity index (χ0n) is 12.6. The molecule has 0 aliphatic heterocycles. The molecule has 2 rings (SSSR count). The van der Waals surface area contributed by atoms with E-state index < -0.39 is 10.0 Å². The van der Waals surface area contributed by atoms with Crippen molar-refractivity contribution in [3.05, 3.63) is 63.6 Å². The summed E-state index contributed by atoms with van der Waals surface area (Å²) < 4.78 is 27.0. The Labute approximate surface area is 151 Å². The number of thioether (sulfide) groups is 1. The van der Waals surface area contributed by atoms with Crippen LogP contribution in [0.5, 0.6) is 0 Å². The van der Waals surface area contributed by atoms with Crippen LogP contribution in [0.3, 0.4) is 0 Å². The molecule has 1 N–H and O–H groups in total. The molecule has 0 unspecified atom stereocenters. The molecule has 0 heterocycles. The highest BCUT2D eigenvalue weighted by molar-refractivity contribution is 7.98. The lowest BCUT2D eigenvalue weighted by molar-refractivity contribution is 0.584. The molecule has 0 radical (unpaired) electrons. The molecule has 0 atom stereocenters. The van der Waals surface area contributed by atoms with Crippen molar-refractivity contribution in [2.75, 3.05) is 12.3 Å². The topological polar surface area (TPSA) is 46.2 Å². The zero-order valence-corrected chi connectivity index (χ0v) is 15.7. The third-order valence-electron chi connectivity index (χ3n) is 3.07. The van der Waals surface area contributed by atoms with E-state index in [2.05, 4.69) is 29.8 Å². The van der Waals surface area contributed by atoms with E-state index in [9.17, 15) is 8.42 Å². The fourth-order valence-electron chi connectivity index (χ4n) is 2.00. The third-order valence-corrected chi connectivity index (χ3v) is 6.28. The first-order valence-corrected chi connectivity index (χ1v) is 10.4. The van der Waals surface area contributed by atoms with Crippen molar-refractivity contribution in [1.29, 1.82) is 0 Å². The molecule has 2 aromatic carbocycles. The molecule has 7 heteroatoms. The molecule has 3 nitrogen and oxygen atoms in total. The number of hydrogen-bond acceptors (Lipinski definition) is 3. The maximum Gasteiger partial charge on any atom is 0.242 e. The van der Waals surface area contributed by atoms with Crippen LogP contribution in [0.1, 0.15) is 11.1 Å². The largest absolute Gasteiger partial charge is 0.242 e. The van der Waals surface area contributed by atoms with E-state index in [4.69, 9.17) is 23.2 Å². The van der Waals surface area contributed by atoms with Gasteiger partial charge in [-0.2, -0.15) is 11.8 Å². The first kappa shape index (κ1) is 18.6. The van der Waals surface area contributed by atoms with E-state index in [1.165, 1.54) is 23.3 Å². The summed E-state index contributed by atoms with van der Waals surface area (Å²) in [5.41, 5.74) is 2.45. The first-order chi connectivity index (χ1) is 10.9. The monoisotopic (exact) mass is 389 g/mol. The third kappa shape index (κ3) is 5.69. The molecule has 0 fully saturated rings. The van der Waals surface area contributed by atoms with Gasteiger partial charge < -0.3 is 0 Å². The van der Waals surface area contributed by atoms with Gasteiger partial charge in [-0.1, -0.05) is 53.0 Å². The van der Waals surface area contributed by atoms with Gasteiger partial charge in [-0.3, -0.25) is 0 Å². The zero-order chi connectivity index (χ0) is 16.9. The van der Waals surface area contributed by atoms with Crippen molar-refractivity contribution in [3.63, 3.8) is 0 Å². The number of sulfonamides is 1. The van der Waals surface area contributed by atoms with Crippen LogP contribution in [0.4, 0.5) is 0 Å². The number of hydrogen-bond donors (Lipinski definition) is 1. The second-order valence-electron chi connectivity index (χ2n) is 5.01. The van der Waals surface area contributed by atoms with Gasteiger partial charge in [0.2, 0.25) is 10.0 Å². The van der Waals surface area contributed by atoms with Crippen molar-refractivity contribution in [2.24, 2.45) is 0 Å². The summed E-state index contributed by atoms with van der Waals surface area (Å²) in [6, 6.07) is 12.7. The van der Waals surface area contributed by atoms with Crippen LogP contribution in [0.15, 0.2) is 47.4 Å². The van der Waals surface area contributed by atoms with Crippen LogP contribution in [0.2, 0.25) is 10.0 Å². The van der Waals surface area contributed by atoms with E-state index in [0.717, 1.165) is 5.75 Å². The Balaban J connectivity index is 1.84. The maximum atomic E-state index is 12.2. The van der Waals surface area contributed by atoms with Gasteiger partial charge in [-0.15, -0.1) is 0 Å². The second-order valence-corrected chi connectivity index (χ2v) is 8.70. The minimum atomic E-state index is -3.64. The summed E-state index contributed by atoms with van der Waals surface area (Å²) >= 11 is 13.4. The molecular weight excluding hydrogens is 373 g/mol. The normalized spacial score (nSPS) is 11.6. The average molecular weight is 390 g/mol. The number of aryl methyl sites for hydroxylation is 1. The fraction of sp³-hybridized carbons (Fsp3) is 0.250. The Kier molecular flexibility index (Phi) is 6.80. The predicted octanol–water partition coefficient (Wildman–Crippen LogP) is 4.51. The molecule has 0 aliphatic rings. The molecule has 0 aliphatic carbocycles. The molecule has 124 valence electrons. The Bertz CT molecular complexity index is 779. The molecule has 0 aromatic heterocycles. The van der Waals surface area contributed by atoms with Gasteiger partial charge in [-0.05, 0) is 30.7 Å². The highest BCUT2D eigenvalue weighted by Crippen LogP contribution is 2.24. The van der Waals surface area contributed by atoms with Crippen LogP contribution in [0.25, 0.3) is 0 Å². The van der Waals surface area contributed by atoms with Crippen LogP contribution < -0.4 is 4.72 Å². The van der Waals surface area contributed by atoms with Crippen LogP contribution in [-0.2, 0) is 15.8 Å². The lowest BCUT2D eigenvalue weighted by Gasteiger charge is -2.09. The number of halogens is 2.